The maximum atomic E-state index is 14.4. The number of primary amides is 1. The fraction of sp³-hybridized carbons (Fsp3) is 0.514. The van der Waals surface area contributed by atoms with Crippen LogP contribution < -0.4 is 47.3 Å². The number of aromatic nitrogens is 1. The molecule has 0 radical (unpaired) electrons. The highest BCUT2D eigenvalue weighted by Gasteiger charge is 2.45. The van der Waals surface area contributed by atoms with E-state index < -0.39 is 104 Å². The first-order valence-corrected chi connectivity index (χ1v) is 35.5. The van der Waals surface area contributed by atoms with E-state index in [0.717, 1.165) is 31.2 Å². The number of ether oxygens (including phenoxy) is 4. The van der Waals surface area contributed by atoms with Gasteiger partial charge in [-0.25, -0.2) is 14.4 Å². The number of fused-ring (bicyclic) bond motifs is 4. The lowest BCUT2D eigenvalue weighted by molar-refractivity contribution is -0.299. The molecule has 1 aromatic heterocycles. The van der Waals surface area contributed by atoms with Gasteiger partial charge in [0.15, 0.2) is 6.29 Å². The molecule has 2 saturated heterocycles. The Hall–Kier alpha value is -8.42. The summed E-state index contributed by atoms with van der Waals surface area (Å²) < 4.78 is 21.9. The molecule has 1 aliphatic carbocycles. The van der Waals surface area contributed by atoms with Gasteiger partial charge in [-0.3, -0.25) is 38.5 Å². The summed E-state index contributed by atoms with van der Waals surface area (Å²) in [7, 11) is 0. The average molecular weight is 1430 g/mol. The first-order chi connectivity index (χ1) is 48.1. The van der Waals surface area contributed by atoms with Crippen molar-refractivity contribution in [1.82, 2.24) is 31.2 Å². The van der Waals surface area contributed by atoms with Crippen molar-refractivity contribution in [2.24, 2.45) is 11.7 Å². The first kappa shape index (κ1) is 75.8. The molecule has 28 nitrogen and oxygen atoms in total. The molecule has 0 bridgehead atoms. The normalized spacial score (nSPS) is 20.9. The van der Waals surface area contributed by atoms with Gasteiger partial charge in [0.1, 0.15) is 67.7 Å². The number of alkyl carbamates (subject to hydrolysis) is 1. The third-order valence-electron chi connectivity index (χ3n) is 18.1. The Morgan fingerprint density at radius 2 is 1.51 bits per heavy atom. The number of halogens is 1. The van der Waals surface area contributed by atoms with Gasteiger partial charge in [-0.2, -0.15) is 0 Å². The number of hydrogen-bond donors (Lipinski definition) is 12. The summed E-state index contributed by atoms with van der Waals surface area (Å²) in [6.07, 6.45) is 2.79. The molecule has 100 heavy (non-hydrogen) atoms. The van der Waals surface area contributed by atoms with Crippen LogP contribution >= 0.6 is 23.4 Å². The number of hydrogen-bond acceptors (Lipinski definition) is 19. The number of imide groups is 1. The average Bonchev–Trinajstić information content (AvgIpc) is 1.57. The number of unbranched alkanes of at least 4 members (excludes halogenated alkanes) is 2. The van der Waals surface area contributed by atoms with Crippen molar-refractivity contribution in [3.8, 4) is 5.75 Å². The van der Waals surface area contributed by atoms with Gasteiger partial charge in [0, 0.05) is 83.3 Å². The monoisotopic (exact) mass is 1420 g/mol. The highest BCUT2D eigenvalue weighted by molar-refractivity contribution is 8.01. The second-order valence-corrected chi connectivity index (χ2v) is 27.7. The summed E-state index contributed by atoms with van der Waals surface area (Å²) in [5.41, 5.74) is 8.39. The van der Waals surface area contributed by atoms with Gasteiger partial charge in [0.05, 0.1) is 17.5 Å². The number of carbonyl (C=O) groups is 10. The van der Waals surface area contributed by atoms with Gasteiger partial charge in [-0.15, -0.1) is 23.4 Å². The molecule has 30 heteroatoms. The van der Waals surface area contributed by atoms with Gasteiger partial charge in [0.25, 0.3) is 5.91 Å². The Labute approximate surface area is 587 Å². The molecule has 3 fully saturated rings. The van der Waals surface area contributed by atoms with Crippen LogP contribution in [0.2, 0.25) is 0 Å². The molecule has 5 aromatic rings. The van der Waals surface area contributed by atoms with Crippen molar-refractivity contribution >= 4 is 122 Å². The van der Waals surface area contributed by atoms with Crippen LogP contribution in [0.5, 0.6) is 5.75 Å². The summed E-state index contributed by atoms with van der Waals surface area (Å²) in [6, 6.07) is 18.6. The zero-order valence-corrected chi connectivity index (χ0v) is 57.5. The Morgan fingerprint density at radius 3 is 2.22 bits per heavy atom. The molecule has 1 saturated carbocycles. The lowest BCUT2D eigenvalue weighted by atomic mass is 9.95. The van der Waals surface area contributed by atoms with Crippen molar-refractivity contribution < 1.29 is 87.3 Å². The predicted molar refractivity (Wildman–Crippen MR) is 372 cm³/mol. The van der Waals surface area contributed by atoms with Crippen LogP contribution in [-0.2, 0) is 54.4 Å². The molecule has 4 heterocycles. The van der Waals surface area contributed by atoms with Gasteiger partial charge in [0.2, 0.25) is 35.4 Å². The Balaban J connectivity index is 0.715. The second-order valence-electron chi connectivity index (χ2n) is 25.9. The lowest BCUT2D eigenvalue weighted by Crippen LogP contribution is -2.59. The van der Waals surface area contributed by atoms with E-state index in [-0.39, 0.29) is 97.5 Å². The van der Waals surface area contributed by atoms with E-state index in [0.29, 0.717) is 75.4 Å². The summed E-state index contributed by atoms with van der Waals surface area (Å²) in [5, 5.41) is 58.0. The van der Waals surface area contributed by atoms with E-state index >= 15 is 0 Å². The number of rotatable bonds is 30. The van der Waals surface area contributed by atoms with E-state index in [4.69, 9.17) is 36.3 Å². The number of H-pyrrole nitrogens is 1. The number of urea groups is 1. The van der Waals surface area contributed by atoms with E-state index in [1.165, 1.54) is 35.5 Å². The third-order valence-corrected chi connectivity index (χ3v) is 20.1. The number of esters is 1. The third kappa shape index (κ3) is 20.2. The fourth-order valence-electron chi connectivity index (χ4n) is 12.8. The minimum absolute atomic E-state index is 0.0810. The van der Waals surface area contributed by atoms with Crippen LogP contribution in [0.3, 0.4) is 0 Å². The number of aliphatic hydroxyl groups is 4. The summed E-state index contributed by atoms with van der Waals surface area (Å²) >= 11 is 8.19. The summed E-state index contributed by atoms with van der Waals surface area (Å²) in [6.45, 7) is 1.97. The van der Waals surface area contributed by atoms with E-state index in [9.17, 15) is 68.4 Å². The van der Waals surface area contributed by atoms with Crippen molar-refractivity contribution in [2.45, 2.75) is 176 Å². The van der Waals surface area contributed by atoms with Crippen LogP contribution in [0.25, 0.3) is 21.7 Å². The highest BCUT2D eigenvalue weighted by atomic mass is 35.5. The smallest absolute Gasteiger partial charge is 0.407 e. The number of nitrogens with one attached hydrogen (secondary N) is 7. The minimum Gasteiger partial charge on any atom is -0.445 e. The number of alkyl halides is 1. The molecule has 3 aliphatic heterocycles. The zero-order chi connectivity index (χ0) is 71.6. The van der Waals surface area contributed by atoms with Crippen molar-refractivity contribution in [3.05, 3.63) is 95.7 Å². The summed E-state index contributed by atoms with van der Waals surface area (Å²) in [5.74, 6) is -4.24. The van der Waals surface area contributed by atoms with Crippen LogP contribution in [0, 0.1) is 5.92 Å². The van der Waals surface area contributed by atoms with E-state index in [1.54, 1.807) is 98.4 Å². The zero-order valence-electron chi connectivity index (χ0n) is 55.9. The van der Waals surface area contributed by atoms with Crippen LogP contribution in [0.4, 0.5) is 26.7 Å². The number of amides is 10. The molecular formula is C70H89ClN10O18S. The number of aliphatic hydroxyl groups excluding tert-OH is 4. The number of nitrogens with zero attached hydrogens (tertiary/aromatic N) is 2. The largest absolute Gasteiger partial charge is 0.445 e. The SMILES string of the molecule is CC(C)C(NC(=O)CCCCCN1C(=O)CC(SC2CCCCCCCC2)C1=O)C(=O)NC(CCCNC(N)=O)C(=O)Nc1ccc(COC(=O)NCC(=O)Nc2ccc3[nH]c(C(=O)N4CC(CCl)c5c4cc(OC(=O)COC4OC(CO)C(O)C(O)C4O)c4ccccc54)cc3c2)cc1. The molecule has 4 aromatic carbocycles. The molecule has 13 N–H and O–H groups in total. The van der Waals surface area contributed by atoms with Crippen molar-refractivity contribution in [3.63, 3.8) is 0 Å². The maximum Gasteiger partial charge on any atom is 0.407 e. The topological polar surface area (TPSA) is 409 Å². The molecule has 540 valence electrons. The van der Waals surface area contributed by atoms with Crippen molar-refractivity contribution in [2.75, 3.05) is 60.8 Å². The van der Waals surface area contributed by atoms with Gasteiger partial charge >= 0.3 is 18.1 Å². The lowest BCUT2D eigenvalue weighted by Gasteiger charge is -2.39. The second kappa shape index (κ2) is 36.3. The number of carbonyl (C=O) groups excluding carboxylic acids is 10. The quantitative estimate of drug-likeness (QED) is 0.00846. The van der Waals surface area contributed by atoms with Crippen LogP contribution in [0.1, 0.15) is 138 Å². The van der Waals surface area contributed by atoms with Crippen LogP contribution in [-0.4, -0.2) is 188 Å². The number of benzene rings is 4. The minimum atomic E-state index is -1.74. The number of thioether (sulfide) groups is 1. The number of nitrogens with two attached hydrogens (primary N) is 1. The van der Waals surface area contributed by atoms with E-state index in [2.05, 4.69) is 36.9 Å². The fourth-order valence-corrected chi connectivity index (χ4v) is 14.6. The Bertz CT molecular complexity index is 3740. The molecule has 10 amide bonds. The van der Waals surface area contributed by atoms with Gasteiger partial charge in [-0.1, -0.05) is 95.2 Å². The highest BCUT2D eigenvalue weighted by Crippen LogP contribution is 2.46. The summed E-state index contributed by atoms with van der Waals surface area (Å²) in [4.78, 5) is 138. The number of likely N-dealkylation sites (tertiary alicyclic amines) is 1. The predicted octanol–water partition coefficient (Wildman–Crippen LogP) is 5.83. The molecular weight excluding hydrogens is 1340 g/mol. The van der Waals surface area contributed by atoms with Crippen LogP contribution in [0.15, 0.2) is 78.9 Å². The van der Waals surface area contributed by atoms with Crippen molar-refractivity contribution in [1.29, 1.82) is 0 Å². The number of anilines is 3. The molecule has 4 aliphatic rings. The maximum absolute atomic E-state index is 14.4. The molecule has 9 rings (SSSR count). The standard InChI is InChI=1S/C70H89ClN10O18S/c1-39(2)60(79-55(83)20-10-7-13-28-80-57(85)32-54(67(80)93)100-45-15-8-5-3-4-6-9-16-45)65(91)78-49(19-14-27-73-69(72)94)64(90)76-43-23-21-40(22-24-43)37-97-70(95)74-34-56(84)75-44-25-26-48-41(29-44)30-50(77-48)66(92)81-35-42(33-71)59-47-18-12-11-17-46(47)52(31-51(59)81)98-58(86)38-96-68-63(89)62(88)61(87)53(36-82)99-68/h11-12,17-18,21-26,29-31,39,42,45,49,53-54,60-63,68,77,82,87-89H,3-10,13-16,19-20,27-28,32-38H2,1-2H3,(H,74,95)(H,75,84)(H,76,90)(H,78,91)(H,79,83)(H3,72,73,94). The number of aromatic amines is 1. The molecule has 9 atom stereocenters. The van der Waals surface area contributed by atoms with Gasteiger partial charge in [-0.05, 0) is 97.4 Å². The van der Waals surface area contributed by atoms with Gasteiger partial charge < -0.3 is 86.9 Å². The first-order valence-electron chi connectivity index (χ1n) is 34.0. The Kier molecular flexibility index (Phi) is 27.5. The van der Waals surface area contributed by atoms with E-state index in [1.807, 2.05) is 6.07 Å². The molecule has 9 unspecified atom stereocenters. The Morgan fingerprint density at radius 1 is 0.790 bits per heavy atom. The molecule has 0 spiro atoms.